The molecule has 124 valence electrons. The predicted octanol–water partition coefficient (Wildman–Crippen LogP) is 3.92. The molecule has 4 aromatic rings. The van der Waals surface area contributed by atoms with Crippen molar-refractivity contribution in [3.8, 4) is 11.3 Å². The van der Waals surface area contributed by atoms with Gasteiger partial charge >= 0.3 is 0 Å². The van der Waals surface area contributed by atoms with Gasteiger partial charge in [-0.15, -0.1) is 0 Å². The maximum Gasteiger partial charge on any atom is 0.159 e. The van der Waals surface area contributed by atoms with Crippen LogP contribution in [0.3, 0.4) is 0 Å². The van der Waals surface area contributed by atoms with Crippen LogP contribution in [0.1, 0.15) is 22.9 Å². The van der Waals surface area contributed by atoms with Gasteiger partial charge in [-0.05, 0) is 26.0 Å². The first-order valence-electron chi connectivity index (χ1n) is 8.20. The van der Waals surface area contributed by atoms with E-state index in [1.54, 1.807) is 0 Å². The first-order chi connectivity index (χ1) is 12.1. The summed E-state index contributed by atoms with van der Waals surface area (Å²) in [5.41, 5.74) is 5.86. The van der Waals surface area contributed by atoms with E-state index < -0.39 is 0 Å². The molecular weight excluding hydrogens is 310 g/mol. The summed E-state index contributed by atoms with van der Waals surface area (Å²) in [5.74, 6) is 0.891. The quantitative estimate of drug-likeness (QED) is 0.572. The molecule has 0 aliphatic heterocycles. The summed E-state index contributed by atoms with van der Waals surface area (Å²) in [4.78, 5) is 13.7. The third kappa shape index (κ3) is 2.85. The van der Waals surface area contributed by atoms with Crippen molar-refractivity contribution in [3.63, 3.8) is 0 Å². The van der Waals surface area contributed by atoms with Crippen LogP contribution in [-0.2, 0) is 7.05 Å². The third-order valence-corrected chi connectivity index (χ3v) is 4.26. The van der Waals surface area contributed by atoms with E-state index in [0.717, 1.165) is 39.8 Å². The Labute approximate surface area is 146 Å². The van der Waals surface area contributed by atoms with Gasteiger partial charge in [-0.25, -0.2) is 9.97 Å². The van der Waals surface area contributed by atoms with Crippen molar-refractivity contribution in [1.82, 2.24) is 23.9 Å². The van der Waals surface area contributed by atoms with Crippen molar-refractivity contribution in [3.05, 3.63) is 71.8 Å². The van der Waals surface area contributed by atoms with E-state index >= 15 is 0 Å². The monoisotopic (exact) mass is 329 g/mol. The Balaban J connectivity index is 1.68. The van der Waals surface area contributed by atoms with E-state index in [9.17, 15) is 0 Å². The fraction of sp³-hybridized carbons (Fsp3) is 0.150. The zero-order valence-corrected chi connectivity index (χ0v) is 14.5. The second-order valence-corrected chi connectivity index (χ2v) is 6.14. The van der Waals surface area contributed by atoms with Crippen molar-refractivity contribution < 1.29 is 0 Å². The maximum atomic E-state index is 4.71. The van der Waals surface area contributed by atoms with Crippen molar-refractivity contribution >= 4 is 17.8 Å². The highest BCUT2D eigenvalue weighted by Gasteiger charge is 2.07. The fourth-order valence-electron chi connectivity index (χ4n) is 2.86. The molecule has 3 aromatic heterocycles. The van der Waals surface area contributed by atoms with Gasteiger partial charge in [-0.3, -0.25) is 4.98 Å². The van der Waals surface area contributed by atoms with Crippen molar-refractivity contribution in [1.29, 1.82) is 0 Å². The van der Waals surface area contributed by atoms with Crippen LogP contribution in [0.5, 0.6) is 0 Å². The topological polar surface area (TPSA) is 48.0 Å². The maximum absolute atomic E-state index is 4.71. The number of rotatable bonds is 3. The molecule has 5 nitrogen and oxygen atoms in total. The molecule has 25 heavy (non-hydrogen) atoms. The normalized spacial score (nSPS) is 11.6. The first-order valence-corrected chi connectivity index (χ1v) is 8.20. The highest BCUT2D eigenvalue weighted by Crippen LogP contribution is 2.19. The summed E-state index contributed by atoms with van der Waals surface area (Å²) in [6.45, 7) is 4.00. The minimum atomic E-state index is 0.891. The van der Waals surface area contributed by atoms with E-state index in [1.165, 1.54) is 0 Å². The van der Waals surface area contributed by atoms with Gasteiger partial charge in [0.1, 0.15) is 5.82 Å². The summed E-state index contributed by atoms with van der Waals surface area (Å²) in [6, 6.07) is 10.2. The molecule has 0 N–H and O–H groups in total. The number of fused-ring (bicyclic) bond motifs is 1. The highest BCUT2D eigenvalue weighted by molar-refractivity contribution is 5.69. The lowest BCUT2D eigenvalue weighted by Gasteiger charge is -1.99. The molecule has 1 aromatic carbocycles. The van der Waals surface area contributed by atoms with Crippen LogP contribution >= 0.6 is 0 Å². The van der Waals surface area contributed by atoms with Gasteiger partial charge in [0.25, 0.3) is 0 Å². The zero-order chi connectivity index (χ0) is 17.4. The lowest BCUT2D eigenvalue weighted by Crippen LogP contribution is -1.94. The van der Waals surface area contributed by atoms with Crippen LogP contribution in [0, 0.1) is 13.8 Å². The molecular formula is C20H19N5. The van der Waals surface area contributed by atoms with Gasteiger partial charge in [-0.2, -0.15) is 0 Å². The van der Waals surface area contributed by atoms with E-state index in [4.69, 9.17) is 4.98 Å². The number of imidazole rings is 2. The predicted molar refractivity (Wildman–Crippen MR) is 100 cm³/mol. The summed E-state index contributed by atoms with van der Waals surface area (Å²) in [7, 11) is 2.00. The van der Waals surface area contributed by atoms with E-state index in [2.05, 4.69) is 26.5 Å². The first kappa shape index (κ1) is 15.3. The van der Waals surface area contributed by atoms with Gasteiger partial charge in [0.2, 0.25) is 0 Å². The molecule has 0 amide bonds. The minimum absolute atomic E-state index is 0.891. The van der Waals surface area contributed by atoms with Crippen molar-refractivity contribution in [2.75, 3.05) is 0 Å². The molecule has 0 atom stereocenters. The number of nitrogens with zero attached hydrogens (tertiary/aromatic N) is 5. The smallest absolute Gasteiger partial charge is 0.159 e. The zero-order valence-electron chi connectivity index (χ0n) is 14.5. The van der Waals surface area contributed by atoms with Gasteiger partial charge in [-0.1, -0.05) is 30.3 Å². The van der Waals surface area contributed by atoms with Crippen LogP contribution in [-0.4, -0.2) is 23.9 Å². The van der Waals surface area contributed by atoms with Gasteiger partial charge in [0.05, 0.1) is 17.1 Å². The Morgan fingerprint density at radius 3 is 2.52 bits per heavy atom. The second-order valence-electron chi connectivity index (χ2n) is 6.14. The molecule has 5 heteroatoms. The molecule has 4 rings (SSSR count). The van der Waals surface area contributed by atoms with E-state index in [1.807, 2.05) is 74.4 Å². The molecule has 0 spiro atoms. The molecule has 0 saturated carbocycles. The molecule has 0 aliphatic carbocycles. The third-order valence-electron chi connectivity index (χ3n) is 4.26. The van der Waals surface area contributed by atoms with Gasteiger partial charge < -0.3 is 8.97 Å². The van der Waals surface area contributed by atoms with Crippen molar-refractivity contribution in [2.45, 2.75) is 13.8 Å². The summed E-state index contributed by atoms with van der Waals surface area (Å²) in [5, 5.41) is 0. The molecule has 0 fully saturated rings. The number of benzene rings is 1. The van der Waals surface area contributed by atoms with Crippen LogP contribution in [0.25, 0.3) is 29.1 Å². The Kier molecular flexibility index (Phi) is 3.69. The lowest BCUT2D eigenvalue weighted by atomic mass is 10.2. The average molecular weight is 329 g/mol. The highest BCUT2D eigenvalue weighted by atomic mass is 15.0. The Hall–Kier alpha value is -3.21. The summed E-state index contributed by atoms with van der Waals surface area (Å²) < 4.78 is 4.09. The molecule has 0 unspecified atom stereocenters. The Morgan fingerprint density at radius 1 is 0.960 bits per heavy atom. The Bertz CT molecular complexity index is 1030. The molecule has 3 heterocycles. The van der Waals surface area contributed by atoms with Crippen molar-refractivity contribution in [2.24, 2.45) is 7.05 Å². The molecule has 0 aliphatic rings. The second kappa shape index (κ2) is 6.02. The van der Waals surface area contributed by atoms with Crippen LogP contribution in [0.15, 0.2) is 48.9 Å². The Morgan fingerprint density at radius 2 is 1.76 bits per heavy atom. The standard InChI is InChI=1S/C20H19N5/c1-14-11-21-15(2)20-22-17(12-25(14)20)9-10-19-23-18(13-24(19)3)16-7-5-4-6-8-16/h4-13H,1-3H3. The molecule has 0 bridgehead atoms. The summed E-state index contributed by atoms with van der Waals surface area (Å²) in [6.07, 6.45) is 9.91. The van der Waals surface area contributed by atoms with E-state index in [0.29, 0.717) is 0 Å². The average Bonchev–Trinajstić information content (AvgIpc) is 3.22. The van der Waals surface area contributed by atoms with Gasteiger partial charge in [0.15, 0.2) is 5.65 Å². The minimum Gasteiger partial charge on any atom is -0.334 e. The van der Waals surface area contributed by atoms with E-state index in [-0.39, 0.29) is 0 Å². The molecule has 0 radical (unpaired) electrons. The molecule has 0 saturated heterocycles. The van der Waals surface area contributed by atoms with Crippen LogP contribution in [0.2, 0.25) is 0 Å². The van der Waals surface area contributed by atoms with Crippen LogP contribution in [0.4, 0.5) is 0 Å². The number of hydrogen-bond acceptors (Lipinski definition) is 3. The SMILES string of the molecule is Cc1ncc(C)n2cc(C=Cc3nc(-c4ccccc4)cn3C)nc12. The summed E-state index contributed by atoms with van der Waals surface area (Å²) >= 11 is 0. The largest absolute Gasteiger partial charge is 0.334 e. The van der Waals surface area contributed by atoms with Gasteiger partial charge in [0, 0.05) is 36.9 Å². The number of aryl methyl sites for hydroxylation is 3. The number of hydrogen-bond donors (Lipinski definition) is 0. The fourth-order valence-corrected chi connectivity index (χ4v) is 2.86. The van der Waals surface area contributed by atoms with Crippen LogP contribution < -0.4 is 0 Å². The number of aromatic nitrogens is 5. The lowest BCUT2D eigenvalue weighted by molar-refractivity contribution is 0.898.